The molecular formula is C18H12F6N6. The summed E-state index contributed by atoms with van der Waals surface area (Å²) in [6, 6.07) is 8.69. The minimum absolute atomic E-state index is 0.00202. The summed E-state index contributed by atoms with van der Waals surface area (Å²) in [7, 11) is 0. The first-order chi connectivity index (χ1) is 14.1. The Labute approximate surface area is 165 Å². The molecule has 1 N–H and O–H groups in total. The Balaban J connectivity index is 1.95. The van der Waals surface area contributed by atoms with E-state index in [1.54, 1.807) is 18.2 Å². The van der Waals surface area contributed by atoms with Crippen LogP contribution in [0.25, 0.3) is 11.5 Å². The number of anilines is 1. The maximum Gasteiger partial charge on any atom is 0.417 e. The van der Waals surface area contributed by atoms with E-state index in [4.69, 9.17) is 5.26 Å². The lowest BCUT2D eigenvalue weighted by Gasteiger charge is -2.26. The van der Waals surface area contributed by atoms with Crippen LogP contribution in [0.4, 0.5) is 32.0 Å². The number of halogens is 6. The Kier molecular flexibility index (Phi) is 5.64. The SMILES string of the molecule is N#Cc1ccc(N(Cc2nc(-c3ccccn3)n[nH]2)CC(F)(F)F)cc1C(F)(F)F. The van der Waals surface area contributed by atoms with Gasteiger partial charge in [0.2, 0.25) is 0 Å². The lowest BCUT2D eigenvalue weighted by atomic mass is 10.1. The van der Waals surface area contributed by atoms with Crippen LogP contribution in [0.5, 0.6) is 0 Å². The molecule has 156 valence electrons. The minimum Gasteiger partial charge on any atom is -0.355 e. The molecule has 30 heavy (non-hydrogen) atoms. The van der Waals surface area contributed by atoms with Crippen molar-refractivity contribution in [1.82, 2.24) is 20.2 Å². The number of hydrogen-bond acceptors (Lipinski definition) is 5. The molecular weight excluding hydrogens is 414 g/mol. The fourth-order valence-corrected chi connectivity index (χ4v) is 2.67. The Hall–Kier alpha value is -3.62. The molecule has 0 unspecified atom stereocenters. The smallest absolute Gasteiger partial charge is 0.355 e. The number of nitrogens with one attached hydrogen (secondary N) is 1. The summed E-state index contributed by atoms with van der Waals surface area (Å²) in [6.07, 6.45) is -8.11. The van der Waals surface area contributed by atoms with Crippen LogP contribution < -0.4 is 4.90 Å². The third-order valence-corrected chi connectivity index (χ3v) is 3.93. The average Bonchev–Trinajstić information content (AvgIpc) is 3.14. The van der Waals surface area contributed by atoms with Crippen molar-refractivity contribution in [1.29, 1.82) is 5.26 Å². The number of rotatable bonds is 5. The van der Waals surface area contributed by atoms with Crippen LogP contribution >= 0.6 is 0 Å². The zero-order valence-electron chi connectivity index (χ0n) is 15.0. The summed E-state index contributed by atoms with van der Waals surface area (Å²) >= 11 is 0. The third kappa shape index (κ3) is 5.05. The lowest BCUT2D eigenvalue weighted by molar-refractivity contribution is -0.137. The van der Waals surface area contributed by atoms with Crippen molar-refractivity contribution in [3.63, 3.8) is 0 Å². The van der Waals surface area contributed by atoms with Crippen molar-refractivity contribution in [2.24, 2.45) is 0 Å². The molecule has 0 saturated carbocycles. The van der Waals surface area contributed by atoms with E-state index in [1.165, 1.54) is 12.3 Å². The van der Waals surface area contributed by atoms with Crippen LogP contribution in [-0.2, 0) is 12.7 Å². The van der Waals surface area contributed by atoms with Crippen molar-refractivity contribution in [2.75, 3.05) is 11.4 Å². The maximum absolute atomic E-state index is 13.2. The highest BCUT2D eigenvalue weighted by molar-refractivity contribution is 5.55. The predicted octanol–water partition coefficient (Wildman–Crippen LogP) is 4.33. The van der Waals surface area contributed by atoms with E-state index in [0.29, 0.717) is 16.7 Å². The van der Waals surface area contributed by atoms with Crippen molar-refractivity contribution >= 4 is 5.69 Å². The van der Waals surface area contributed by atoms with Crippen LogP contribution in [-0.4, -0.2) is 32.9 Å². The molecule has 3 aromatic rings. The number of aromatic amines is 1. The number of nitriles is 1. The van der Waals surface area contributed by atoms with Crippen LogP contribution in [0, 0.1) is 11.3 Å². The molecule has 3 rings (SSSR count). The second-order valence-corrected chi connectivity index (χ2v) is 6.13. The molecule has 1 aromatic carbocycles. The van der Waals surface area contributed by atoms with E-state index in [-0.39, 0.29) is 17.3 Å². The molecule has 12 heteroatoms. The van der Waals surface area contributed by atoms with Crippen LogP contribution in [0.3, 0.4) is 0 Å². The predicted molar refractivity (Wildman–Crippen MR) is 92.9 cm³/mol. The van der Waals surface area contributed by atoms with Crippen LogP contribution in [0.15, 0.2) is 42.6 Å². The number of nitrogens with zero attached hydrogens (tertiary/aromatic N) is 5. The highest BCUT2D eigenvalue weighted by Gasteiger charge is 2.36. The molecule has 0 atom stereocenters. The van der Waals surface area contributed by atoms with E-state index >= 15 is 0 Å². The fourth-order valence-electron chi connectivity index (χ4n) is 2.67. The zero-order valence-corrected chi connectivity index (χ0v) is 15.0. The van der Waals surface area contributed by atoms with Gasteiger partial charge in [0.25, 0.3) is 0 Å². The van der Waals surface area contributed by atoms with Gasteiger partial charge < -0.3 is 4.90 Å². The Morgan fingerprint density at radius 2 is 1.83 bits per heavy atom. The zero-order chi connectivity index (χ0) is 21.9. The Morgan fingerprint density at radius 1 is 1.07 bits per heavy atom. The topological polar surface area (TPSA) is 81.5 Å². The molecule has 0 spiro atoms. The fraction of sp³-hybridized carbons (Fsp3) is 0.222. The first-order valence-corrected chi connectivity index (χ1v) is 8.32. The number of alkyl halides is 6. The first kappa shape index (κ1) is 21.1. The van der Waals surface area contributed by atoms with Crippen molar-refractivity contribution in [3.05, 3.63) is 59.5 Å². The Bertz CT molecular complexity index is 1050. The maximum atomic E-state index is 13.2. The molecule has 0 fully saturated rings. The molecule has 0 saturated heterocycles. The van der Waals surface area contributed by atoms with Crippen LogP contribution in [0.2, 0.25) is 0 Å². The normalized spacial score (nSPS) is 11.9. The minimum atomic E-state index is -4.90. The molecule has 6 nitrogen and oxygen atoms in total. The van der Waals surface area contributed by atoms with E-state index < -0.39 is 36.6 Å². The number of benzene rings is 1. The monoisotopic (exact) mass is 426 g/mol. The molecule has 2 heterocycles. The highest BCUT2D eigenvalue weighted by Crippen LogP contribution is 2.35. The van der Waals surface area contributed by atoms with Gasteiger partial charge in [-0.25, -0.2) is 4.98 Å². The van der Waals surface area contributed by atoms with Crippen molar-refractivity contribution in [3.8, 4) is 17.6 Å². The lowest BCUT2D eigenvalue weighted by Crippen LogP contribution is -2.34. The summed E-state index contributed by atoms with van der Waals surface area (Å²) in [5.74, 6) is 0.131. The second kappa shape index (κ2) is 8.02. The molecule has 0 aliphatic carbocycles. The van der Waals surface area contributed by atoms with Gasteiger partial charge >= 0.3 is 12.4 Å². The first-order valence-electron chi connectivity index (χ1n) is 8.32. The number of pyridine rings is 1. The second-order valence-electron chi connectivity index (χ2n) is 6.13. The number of aromatic nitrogens is 4. The summed E-state index contributed by atoms with van der Waals surface area (Å²) < 4.78 is 78.8. The number of hydrogen-bond donors (Lipinski definition) is 1. The molecule has 2 aromatic heterocycles. The Morgan fingerprint density at radius 3 is 2.43 bits per heavy atom. The van der Waals surface area contributed by atoms with Crippen LogP contribution in [0.1, 0.15) is 17.0 Å². The van der Waals surface area contributed by atoms with Gasteiger partial charge in [0.1, 0.15) is 18.1 Å². The molecule has 0 bridgehead atoms. The third-order valence-electron chi connectivity index (χ3n) is 3.93. The van der Waals surface area contributed by atoms with E-state index in [9.17, 15) is 26.3 Å². The summed E-state index contributed by atoms with van der Waals surface area (Å²) in [6.45, 7) is -2.03. The molecule has 0 radical (unpaired) electrons. The van der Waals surface area contributed by atoms with E-state index in [1.807, 2.05) is 0 Å². The highest BCUT2D eigenvalue weighted by atomic mass is 19.4. The summed E-state index contributed by atoms with van der Waals surface area (Å²) in [4.78, 5) is 8.76. The van der Waals surface area contributed by atoms with Crippen molar-refractivity contribution in [2.45, 2.75) is 18.9 Å². The average molecular weight is 426 g/mol. The largest absolute Gasteiger partial charge is 0.417 e. The van der Waals surface area contributed by atoms with Gasteiger partial charge in [0.05, 0.1) is 23.7 Å². The molecule has 0 amide bonds. The van der Waals surface area contributed by atoms with Crippen molar-refractivity contribution < 1.29 is 26.3 Å². The van der Waals surface area contributed by atoms with Gasteiger partial charge in [-0.2, -0.15) is 36.7 Å². The number of H-pyrrole nitrogens is 1. The van der Waals surface area contributed by atoms with Gasteiger partial charge in [-0.05, 0) is 30.3 Å². The summed E-state index contributed by atoms with van der Waals surface area (Å²) in [5, 5.41) is 15.2. The quantitative estimate of drug-likeness (QED) is 0.615. The van der Waals surface area contributed by atoms with E-state index in [2.05, 4.69) is 20.2 Å². The molecule has 0 aliphatic rings. The van der Waals surface area contributed by atoms with Gasteiger partial charge in [-0.15, -0.1) is 0 Å². The van der Waals surface area contributed by atoms with E-state index in [0.717, 1.165) is 12.1 Å². The van der Waals surface area contributed by atoms with Gasteiger partial charge in [-0.1, -0.05) is 6.07 Å². The standard InChI is InChI=1S/C18H12F6N6/c19-17(20,21)10-30(12-5-4-11(8-25)13(7-12)18(22,23)24)9-15-27-16(29-28-15)14-3-1-2-6-26-14/h1-7H,9-10H2,(H,27,28,29). The van der Waals surface area contributed by atoms with Gasteiger partial charge in [0.15, 0.2) is 5.82 Å². The van der Waals surface area contributed by atoms with Gasteiger partial charge in [0, 0.05) is 11.9 Å². The van der Waals surface area contributed by atoms with Gasteiger partial charge in [-0.3, -0.25) is 10.1 Å². The summed E-state index contributed by atoms with van der Waals surface area (Å²) in [5.41, 5.74) is -1.99. The molecule has 0 aliphatic heterocycles.